The Morgan fingerprint density at radius 1 is 1.32 bits per heavy atom. The highest BCUT2D eigenvalue weighted by Crippen LogP contribution is 2.28. The molecule has 1 aromatic carbocycles. The number of thiocarbonyl (C=S) groups is 1. The largest absolute Gasteiger partial charge is 0.389 e. The molecule has 0 aliphatic carbocycles. The Labute approximate surface area is 118 Å². The standard InChI is InChI=1S/C12H8ClF2N3S/c13-8-3-7(14)4-9(15)11(8)18-10-2-1-6(5-17-10)12(16)19/h1-5H,(H2,16,19)(H,17,18). The van der Waals surface area contributed by atoms with Gasteiger partial charge in [-0.05, 0) is 18.2 Å². The van der Waals surface area contributed by atoms with E-state index in [1.165, 1.54) is 6.20 Å². The zero-order valence-corrected chi connectivity index (χ0v) is 11.0. The second-order valence-electron chi connectivity index (χ2n) is 3.67. The summed E-state index contributed by atoms with van der Waals surface area (Å²) in [5.41, 5.74) is 5.98. The van der Waals surface area contributed by atoms with Crippen molar-refractivity contribution in [3.05, 3.63) is 52.7 Å². The van der Waals surface area contributed by atoms with Crippen molar-refractivity contribution < 1.29 is 8.78 Å². The lowest BCUT2D eigenvalue weighted by molar-refractivity contribution is 0.586. The Morgan fingerprint density at radius 3 is 2.58 bits per heavy atom. The van der Waals surface area contributed by atoms with Crippen LogP contribution in [0.1, 0.15) is 5.56 Å². The summed E-state index contributed by atoms with van der Waals surface area (Å²) in [5, 5.41) is 2.59. The smallest absolute Gasteiger partial charge is 0.151 e. The van der Waals surface area contributed by atoms with Gasteiger partial charge in [0.1, 0.15) is 16.6 Å². The van der Waals surface area contributed by atoms with E-state index in [2.05, 4.69) is 10.3 Å². The molecule has 1 aromatic heterocycles. The third kappa shape index (κ3) is 3.15. The van der Waals surface area contributed by atoms with Crippen molar-refractivity contribution in [3.8, 4) is 0 Å². The monoisotopic (exact) mass is 299 g/mol. The molecule has 0 aliphatic heterocycles. The average Bonchev–Trinajstić information content (AvgIpc) is 2.34. The Morgan fingerprint density at radius 2 is 2.05 bits per heavy atom. The van der Waals surface area contributed by atoms with Crippen molar-refractivity contribution in [3.63, 3.8) is 0 Å². The van der Waals surface area contributed by atoms with E-state index in [9.17, 15) is 8.78 Å². The van der Waals surface area contributed by atoms with Crippen molar-refractivity contribution in [2.75, 3.05) is 5.32 Å². The first-order chi connectivity index (χ1) is 8.97. The minimum Gasteiger partial charge on any atom is -0.389 e. The topological polar surface area (TPSA) is 50.9 Å². The van der Waals surface area contributed by atoms with E-state index in [-0.39, 0.29) is 15.7 Å². The zero-order valence-electron chi connectivity index (χ0n) is 9.45. The van der Waals surface area contributed by atoms with Crippen LogP contribution in [-0.4, -0.2) is 9.97 Å². The summed E-state index contributed by atoms with van der Waals surface area (Å²) < 4.78 is 26.4. The lowest BCUT2D eigenvalue weighted by Crippen LogP contribution is -2.09. The Bertz CT molecular complexity index is 608. The molecular formula is C12H8ClF2N3S. The third-order valence-electron chi connectivity index (χ3n) is 2.31. The summed E-state index contributed by atoms with van der Waals surface area (Å²) >= 11 is 10.5. The van der Waals surface area contributed by atoms with Crippen LogP contribution >= 0.6 is 23.8 Å². The molecule has 0 aliphatic rings. The van der Waals surface area contributed by atoms with Crippen LogP contribution in [0.5, 0.6) is 0 Å². The molecule has 0 spiro atoms. The van der Waals surface area contributed by atoms with E-state index >= 15 is 0 Å². The SMILES string of the molecule is NC(=S)c1ccc(Nc2c(F)cc(F)cc2Cl)nc1. The molecular weight excluding hydrogens is 292 g/mol. The van der Waals surface area contributed by atoms with Gasteiger partial charge < -0.3 is 11.1 Å². The van der Waals surface area contributed by atoms with Gasteiger partial charge in [0.25, 0.3) is 0 Å². The minimum atomic E-state index is -0.801. The molecule has 1 heterocycles. The first kappa shape index (κ1) is 13.6. The van der Waals surface area contributed by atoms with E-state index in [0.29, 0.717) is 11.4 Å². The van der Waals surface area contributed by atoms with Crippen molar-refractivity contribution in [1.29, 1.82) is 0 Å². The van der Waals surface area contributed by atoms with Crippen LogP contribution in [0, 0.1) is 11.6 Å². The zero-order chi connectivity index (χ0) is 14.0. The molecule has 0 radical (unpaired) electrons. The Kier molecular flexibility index (Phi) is 3.92. The van der Waals surface area contributed by atoms with E-state index < -0.39 is 11.6 Å². The van der Waals surface area contributed by atoms with Crippen LogP contribution in [-0.2, 0) is 0 Å². The lowest BCUT2D eigenvalue weighted by Gasteiger charge is -2.09. The molecule has 2 aromatic rings. The predicted octanol–water partition coefficient (Wildman–Crippen LogP) is 3.39. The molecule has 3 nitrogen and oxygen atoms in total. The molecule has 3 N–H and O–H groups in total. The number of pyridine rings is 1. The van der Waals surface area contributed by atoms with E-state index in [4.69, 9.17) is 29.6 Å². The van der Waals surface area contributed by atoms with Gasteiger partial charge in [-0.2, -0.15) is 0 Å². The molecule has 0 unspecified atom stereocenters. The van der Waals surface area contributed by atoms with E-state index in [1.807, 2.05) is 0 Å². The van der Waals surface area contributed by atoms with Gasteiger partial charge >= 0.3 is 0 Å². The van der Waals surface area contributed by atoms with E-state index in [1.54, 1.807) is 12.1 Å². The summed E-state index contributed by atoms with van der Waals surface area (Å²) in [6.07, 6.45) is 1.44. The highest BCUT2D eigenvalue weighted by Gasteiger charge is 2.10. The first-order valence-electron chi connectivity index (χ1n) is 5.15. The van der Waals surface area contributed by atoms with Gasteiger partial charge in [0, 0.05) is 17.8 Å². The van der Waals surface area contributed by atoms with Crippen molar-refractivity contribution in [1.82, 2.24) is 4.98 Å². The normalized spacial score (nSPS) is 10.3. The summed E-state index contributed by atoms with van der Waals surface area (Å²) in [5.74, 6) is -1.21. The molecule has 7 heteroatoms. The molecule has 0 amide bonds. The number of anilines is 2. The number of aromatic nitrogens is 1. The van der Waals surface area contributed by atoms with Gasteiger partial charge in [0.15, 0.2) is 5.82 Å². The highest BCUT2D eigenvalue weighted by molar-refractivity contribution is 7.80. The number of nitrogens with one attached hydrogen (secondary N) is 1. The fourth-order valence-corrected chi connectivity index (χ4v) is 1.77. The van der Waals surface area contributed by atoms with Gasteiger partial charge in [-0.25, -0.2) is 13.8 Å². The van der Waals surface area contributed by atoms with Crippen molar-refractivity contribution >= 4 is 40.3 Å². The van der Waals surface area contributed by atoms with Gasteiger partial charge in [-0.3, -0.25) is 0 Å². The number of nitrogens with zero attached hydrogens (tertiary/aromatic N) is 1. The van der Waals surface area contributed by atoms with Crippen LogP contribution in [0.25, 0.3) is 0 Å². The number of hydrogen-bond donors (Lipinski definition) is 2. The first-order valence-corrected chi connectivity index (χ1v) is 5.93. The molecule has 19 heavy (non-hydrogen) atoms. The summed E-state index contributed by atoms with van der Waals surface area (Å²) in [7, 11) is 0. The molecule has 0 saturated heterocycles. The average molecular weight is 300 g/mol. The molecule has 98 valence electrons. The van der Waals surface area contributed by atoms with Crippen molar-refractivity contribution in [2.45, 2.75) is 0 Å². The van der Waals surface area contributed by atoms with Crippen LogP contribution in [0.4, 0.5) is 20.3 Å². The predicted molar refractivity (Wildman–Crippen MR) is 74.8 cm³/mol. The maximum Gasteiger partial charge on any atom is 0.151 e. The quantitative estimate of drug-likeness (QED) is 0.853. The number of rotatable bonds is 3. The fraction of sp³-hybridized carbons (Fsp3) is 0. The maximum absolute atomic E-state index is 13.5. The minimum absolute atomic E-state index is 0.0429. The molecule has 0 saturated carbocycles. The number of nitrogens with two attached hydrogens (primary N) is 1. The maximum atomic E-state index is 13.5. The summed E-state index contributed by atoms with van der Waals surface area (Å²) in [4.78, 5) is 4.22. The van der Waals surface area contributed by atoms with Gasteiger partial charge in [-0.1, -0.05) is 23.8 Å². The third-order valence-corrected chi connectivity index (χ3v) is 2.84. The van der Waals surface area contributed by atoms with Crippen LogP contribution in [0.3, 0.4) is 0 Å². The van der Waals surface area contributed by atoms with Crippen LogP contribution in [0.2, 0.25) is 5.02 Å². The number of halogens is 3. The highest BCUT2D eigenvalue weighted by atomic mass is 35.5. The Balaban J connectivity index is 2.29. The molecule has 0 atom stereocenters. The fourth-order valence-electron chi connectivity index (χ4n) is 1.40. The van der Waals surface area contributed by atoms with Gasteiger partial charge in [0.05, 0.1) is 10.7 Å². The van der Waals surface area contributed by atoms with Crippen LogP contribution < -0.4 is 11.1 Å². The number of benzene rings is 1. The second-order valence-corrected chi connectivity index (χ2v) is 4.51. The van der Waals surface area contributed by atoms with Crippen LogP contribution in [0.15, 0.2) is 30.5 Å². The van der Waals surface area contributed by atoms with Gasteiger partial charge in [-0.15, -0.1) is 0 Å². The van der Waals surface area contributed by atoms with E-state index in [0.717, 1.165) is 12.1 Å². The van der Waals surface area contributed by atoms with Crippen molar-refractivity contribution in [2.24, 2.45) is 5.73 Å². The Hall–Kier alpha value is -1.79. The lowest BCUT2D eigenvalue weighted by atomic mass is 10.2. The summed E-state index contributed by atoms with van der Waals surface area (Å²) in [6.45, 7) is 0. The molecule has 2 rings (SSSR count). The number of hydrogen-bond acceptors (Lipinski definition) is 3. The van der Waals surface area contributed by atoms with Gasteiger partial charge in [0.2, 0.25) is 0 Å². The molecule has 0 fully saturated rings. The molecule has 0 bridgehead atoms. The second kappa shape index (κ2) is 5.46. The summed E-state index contributed by atoms with van der Waals surface area (Å²) in [6, 6.07) is 4.94.